The molecule has 2 aliphatic heterocycles. The van der Waals surface area contributed by atoms with Crippen LogP contribution < -0.4 is 15.1 Å². The Kier molecular flexibility index (Phi) is 6.77. The van der Waals surface area contributed by atoms with E-state index in [0.29, 0.717) is 6.61 Å². The smallest absolute Gasteiger partial charge is 0.492 e. The average molecular weight is 531 g/mol. The Morgan fingerprint density at radius 1 is 0.775 bits per heavy atom. The fourth-order valence-corrected chi connectivity index (χ4v) is 5.68. The van der Waals surface area contributed by atoms with E-state index in [2.05, 4.69) is 64.1 Å². The number of hydrogen-bond donors (Lipinski definition) is 0. The van der Waals surface area contributed by atoms with Crippen LogP contribution in [0.3, 0.4) is 0 Å². The van der Waals surface area contributed by atoms with Crippen molar-refractivity contribution in [2.75, 3.05) is 11.5 Å². The molecule has 40 heavy (non-hydrogen) atoms. The first-order chi connectivity index (χ1) is 19.3. The fraction of sp³-hybridized carbons (Fsp3) is 0.265. The van der Waals surface area contributed by atoms with Crippen LogP contribution >= 0.6 is 0 Å². The highest BCUT2D eigenvalue weighted by Crippen LogP contribution is 2.44. The zero-order valence-corrected chi connectivity index (χ0v) is 23.4. The molecule has 1 amide bonds. The molecule has 0 N–H and O–H groups in total. The zero-order chi connectivity index (χ0) is 27.9. The number of rotatable bonds is 7. The predicted molar refractivity (Wildman–Crippen MR) is 159 cm³/mol. The van der Waals surface area contributed by atoms with Crippen LogP contribution in [0.1, 0.15) is 61.9 Å². The number of anilines is 1. The molecule has 0 spiro atoms. The first-order valence-corrected chi connectivity index (χ1v) is 13.8. The second-order valence-corrected chi connectivity index (χ2v) is 11.5. The van der Waals surface area contributed by atoms with Gasteiger partial charge in [0.2, 0.25) is 6.41 Å². The van der Waals surface area contributed by atoms with Gasteiger partial charge in [-0.15, -0.1) is 0 Å². The van der Waals surface area contributed by atoms with Gasteiger partial charge in [-0.25, -0.2) is 0 Å². The normalized spacial score (nSPS) is 18.8. The van der Waals surface area contributed by atoms with Crippen molar-refractivity contribution in [3.05, 3.63) is 125 Å². The zero-order valence-electron chi connectivity index (χ0n) is 23.4. The third-order valence-electron chi connectivity index (χ3n) is 8.55. The van der Waals surface area contributed by atoms with Gasteiger partial charge < -0.3 is 18.9 Å². The van der Waals surface area contributed by atoms with Crippen LogP contribution in [-0.2, 0) is 14.1 Å². The topological polar surface area (TPSA) is 48.0 Å². The second-order valence-electron chi connectivity index (χ2n) is 11.5. The van der Waals surface area contributed by atoms with Gasteiger partial charge in [0.1, 0.15) is 5.75 Å². The molecule has 6 rings (SSSR count). The molecule has 0 radical (unpaired) electrons. The second kappa shape index (κ2) is 10.3. The lowest BCUT2D eigenvalue weighted by Crippen LogP contribution is -2.41. The first-order valence-electron chi connectivity index (χ1n) is 13.8. The molecule has 1 fully saturated rings. The van der Waals surface area contributed by atoms with Crippen molar-refractivity contribution >= 4 is 24.7 Å². The quantitative estimate of drug-likeness (QED) is 0.209. The molecule has 0 saturated carbocycles. The minimum Gasteiger partial charge on any atom is -0.492 e. The summed E-state index contributed by atoms with van der Waals surface area (Å²) in [7, 11) is -0.459. The lowest BCUT2D eigenvalue weighted by Gasteiger charge is -2.32. The third kappa shape index (κ3) is 4.61. The Morgan fingerprint density at radius 3 is 1.95 bits per heavy atom. The highest BCUT2D eigenvalue weighted by molar-refractivity contribution is 6.62. The third-order valence-corrected chi connectivity index (χ3v) is 8.55. The minimum absolute atomic E-state index is 0.0526. The van der Waals surface area contributed by atoms with Gasteiger partial charge in [0.05, 0.1) is 23.9 Å². The molecule has 5 nitrogen and oxygen atoms in total. The van der Waals surface area contributed by atoms with Crippen molar-refractivity contribution in [3.63, 3.8) is 0 Å². The summed E-state index contributed by atoms with van der Waals surface area (Å²) in [5.41, 5.74) is 5.17. The molecule has 4 aromatic carbocycles. The SMILES string of the molecule is CC1(C)OB(c2ccc3c(c2)C(c2ccccc2N(C=O)C(c2ccccc2)c2ccccc2)CO3)OC1(C)C. The molecule has 202 valence electrons. The van der Waals surface area contributed by atoms with E-state index in [1.54, 1.807) is 0 Å². The number of ether oxygens (including phenoxy) is 1. The Hall–Kier alpha value is -3.87. The lowest BCUT2D eigenvalue weighted by molar-refractivity contribution is -0.107. The largest absolute Gasteiger partial charge is 0.494 e. The van der Waals surface area contributed by atoms with E-state index in [1.165, 1.54) is 0 Å². The van der Waals surface area contributed by atoms with E-state index in [0.717, 1.165) is 45.6 Å². The van der Waals surface area contributed by atoms with Crippen molar-refractivity contribution in [2.45, 2.75) is 50.9 Å². The summed E-state index contributed by atoms with van der Waals surface area (Å²) in [5, 5.41) is 0. The summed E-state index contributed by atoms with van der Waals surface area (Å²) in [4.78, 5) is 14.8. The molecule has 2 aliphatic rings. The highest BCUT2D eigenvalue weighted by Gasteiger charge is 2.52. The Bertz CT molecular complexity index is 1450. The number of carbonyl (C=O) groups is 1. The van der Waals surface area contributed by atoms with E-state index < -0.39 is 18.3 Å². The number of hydrogen-bond acceptors (Lipinski definition) is 4. The molecule has 4 aromatic rings. The van der Waals surface area contributed by atoms with E-state index >= 15 is 0 Å². The van der Waals surface area contributed by atoms with E-state index in [4.69, 9.17) is 14.0 Å². The van der Waals surface area contributed by atoms with Crippen molar-refractivity contribution in [2.24, 2.45) is 0 Å². The maximum atomic E-state index is 12.9. The first kappa shape index (κ1) is 26.4. The molecule has 1 saturated heterocycles. The van der Waals surface area contributed by atoms with Crippen LogP contribution in [-0.4, -0.2) is 31.3 Å². The summed E-state index contributed by atoms with van der Waals surface area (Å²) in [5.74, 6) is 0.795. The minimum atomic E-state index is -0.459. The molecular weight excluding hydrogens is 497 g/mol. The van der Waals surface area contributed by atoms with Gasteiger partial charge >= 0.3 is 7.12 Å². The standard InChI is InChI=1S/C34H34BNO4/c1-33(2)34(3,4)40-35(39-33)26-19-20-31-28(21-26)29(22-38-31)27-17-11-12-18-30(27)36(23-37)32(24-13-7-5-8-14-24)25-15-9-6-10-16-25/h5-21,23,29,32H,22H2,1-4H3. The van der Waals surface area contributed by atoms with Crippen LogP contribution in [0.2, 0.25) is 0 Å². The molecule has 0 aliphatic carbocycles. The van der Waals surface area contributed by atoms with Crippen LogP contribution in [0.15, 0.2) is 103 Å². The molecule has 0 bridgehead atoms. The summed E-state index contributed by atoms with van der Waals surface area (Å²) in [6.45, 7) is 8.74. The van der Waals surface area contributed by atoms with Gasteiger partial charge in [0.15, 0.2) is 0 Å². The molecule has 1 atom stereocenters. The number of carbonyl (C=O) groups excluding carboxylic acids is 1. The number of fused-ring (bicyclic) bond motifs is 1. The van der Waals surface area contributed by atoms with Crippen molar-refractivity contribution in [1.29, 1.82) is 0 Å². The molecule has 6 heteroatoms. The Morgan fingerprint density at radius 2 is 1.35 bits per heavy atom. The maximum Gasteiger partial charge on any atom is 0.494 e. The van der Waals surface area contributed by atoms with Crippen molar-refractivity contribution in [1.82, 2.24) is 0 Å². The fourth-order valence-electron chi connectivity index (χ4n) is 5.68. The summed E-state index contributed by atoms with van der Waals surface area (Å²) in [6.07, 6.45) is 0.945. The van der Waals surface area contributed by atoms with Gasteiger partial charge in [-0.2, -0.15) is 0 Å². The molecule has 2 heterocycles. The van der Waals surface area contributed by atoms with Gasteiger partial charge in [-0.1, -0.05) is 91.0 Å². The molecular formula is C34H34BNO4. The number of amides is 1. The highest BCUT2D eigenvalue weighted by atomic mass is 16.7. The monoisotopic (exact) mass is 531 g/mol. The number of benzene rings is 4. The van der Waals surface area contributed by atoms with Crippen molar-refractivity contribution < 1.29 is 18.8 Å². The van der Waals surface area contributed by atoms with E-state index in [9.17, 15) is 4.79 Å². The number of nitrogens with zero attached hydrogens (tertiary/aromatic N) is 1. The van der Waals surface area contributed by atoms with Gasteiger partial charge in [0.25, 0.3) is 0 Å². The molecule has 0 aromatic heterocycles. The van der Waals surface area contributed by atoms with Gasteiger partial charge in [-0.05, 0) is 62.0 Å². The van der Waals surface area contributed by atoms with E-state index in [1.807, 2.05) is 71.6 Å². The summed E-state index contributed by atoms with van der Waals surface area (Å²) < 4.78 is 18.9. The Balaban J connectivity index is 1.41. The number of para-hydroxylation sites is 1. The van der Waals surface area contributed by atoms with Crippen molar-refractivity contribution in [3.8, 4) is 5.75 Å². The average Bonchev–Trinajstić information content (AvgIpc) is 3.48. The predicted octanol–water partition coefficient (Wildman–Crippen LogP) is 6.26. The van der Waals surface area contributed by atoms with Crippen LogP contribution in [0.5, 0.6) is 5.75 Å². The summed E-state index contributed by atoms with van der Waals surface area (Å²) >= 11 is 0. The van der Waals surface area contributed by atoms with Crippen LogP contribution in [0.4, 0.5) is 5.69 Å². The maximum absolute atomic E-state index is 12.9. The van der Waals surface area contributed by atoms with Gasteiger partial charge in [-0.3, -0.25) is 4.79 Å². The molecule has 1 unspecified atom stereocenters. The summed E-state index contributed by atoms with van der Waals surface area (Å²) in [6, 6.07) is 34.4. The van der Waals surface area contributed by atoms with Gasteiger partial charge in [0, 0.05) is 17.2 Å². The van der Waals surface area contributed by atoms with E-state index in [-0.39, 0.29) is 12.0 Å². The Labute approximate surface area is 236 Å². The van der Waals surface area contributed by atoms with Crippen LogP contribution in [0, 0.1) is 0 Å². The lowest BCUT2D eigenvalue weighted by atomic mass is 9.77. The van der Waals surface area contributed by atoms with Crippen LogP contribution in [0.25, 0.3) is 0 Å².